The Labute approximate surface area is 181 Å². The molecule has 0 aliphatic heterocycles. The second kappa shape index (κ2) is 7.88. The van der Waals surface area contributed by atoms with Crippen molar-refractivity contribution in [3.8, 4) is 11.5 Å². The topological polar surface area (TPSA) is 77.7 Å². The third-order valence-electron chi connectivity index (χ3n) is 4.63. The maximum atomic E-state index is 13.7. The van der Waals surface area contributed by atoms with Crippen LogP contribution >= 0.6 is 0 Å². The normalized spacial score (nSPS) is 13.6. The van der Waals surface area contributed by atoms with Crippen LogP contribution in [0.25, 0.3) is 22.7 Å². The van der Waals surface area contributed by atoms with Gasteiger partial charge >= 0.3 is 18.3 Å². The van der Waals surface area contributed by atoms with Crippen molar-refractivity contribution in [3.05, 3.63) is 35.7 Å². The van der Waals surface area contributed by atoms with Gasteiger partial charge in [0, 0.05) is 19.4 Å². The van der Waals surface area contributed by atoms with Gasteiger partial charge in [0.2, 0.25) is 0 Å². The van der Waals surface area contributed by atoms with Crippen molar-refractivity contribution in [2.75, 3.05) is 5.75 Å². The van der Waals surface area contributed by atoms with Gasteiger partial charge in [-0.1, -0.05) is 6.92 Å². The summed E-state index contributed by atoms with van der Waals surface area (Å²) in [5.41, 5.74) is -4.06. The lowest BCUT2D eigenvalue weighted by atomic mass is 10.1. The molecule has 0 unspecified atom stereocenters. The number of fused-ring (bicyclic) bond motifs is 1. The molecule has 0 radical (unpaired) electrons. The molecule has 0 atom stereocenters. The van der Waals surface area contributed by atoms with Gasteiger partial charge in [-0.3, -0.25) is 4.98 Å². The molecule has 33 heavy (non-hydrogen) atoms. The zero-order valence-electron chi connectivity index (χ0n) is 16.8. The third kappa shape index (κ3) is 4.37. The molecule has 0 fully saturated rings. The van der Waals surface area contributed by atoms with Crippen molar-refractivity contribution in [1.29, 1.82) is 0 Å². The summed E-state index contributed by atoms with van der Waals surface area (Å²) in [5, 5.41) is 0. The molecule has 0 saturated heterocycles. The van der Waals surface area contributed by atoms with E-state index >= 15 is 0 Å². The number of aryl methyl sites for hydroxylation is 1. The van der Waals surface area contributed by atoms with Gasteiger partial charge < -0.3 is 4.57 Å². The molecule has 0 spiro atoms. The largest absolute Gasteiger partial charge is 0.458 e. The Morgan fingerprint density at radius 2 is 1.55 bits per heavy atom. The second-order valence-corrected chi connectivity index (χ2v) is 9.10. The summed E-state index contributed by atoms with van der Waals surface area (Å²) in [6, 6.07) is 0.799. The highest BCUT2D eigenvalue weighted by atomic mass is 32.2. The number of rotatable bonds is 5. The monoisotopic (exact) mass is 502 g/mol. The van der Waals surface area contributed by atoms with E-state index in [-0.39, 0.29) is 24.1 Å². The van der Waals surface area contributed by atoms with Gasteiger partial charge in [-0.05, 0) is 18.6 Å². The van der Waals surface area contributed by atoms with Crippen molar-refractivity contribution < 1.29 is 43.5 Å². The molecule has 0 saturated carbocycles. The first-order valence-corrected chi connectivity index (χ1v) is 10.7. The van der Waals surface area contributed by atoms with E-state index in [9.17, 15) is 43.5 Å². The van der Waals surface area contributed by atoms with Crippen LogP contribution in [0.3, 0.4) is 0 Å². The maximum Gasteiger partial charge on any atom is 0.458 e. The Hall–Kier alpha value is -2.84. The molecule has 0 bridgehead atoms. The van der Waals surface area contributed by atoms with Crippen LogP contribution in [-0.2, 0) is 29.0 Å². The SMILES string of the molecule is CCCS(=O)(=O)c1cc(C(F)(F)F)cnc1-c1nc2cc(C(F)(F)C(F)(F)F)cnc2n1C. The summed E-state index contributed by atoms with van der Waals surface area (Å²) in [6.07, 6.45) is -10.1. The molecule has 0 aliphatic carbocycles. The summed E-state index contributed by atoms with van der Waals surface area (Å²) in [7, 11) is -3.05. The van der Waals surface area contributed by atoms with Crippen LogP contribution in [0.15, 0.2) is 29.4 Å². The minimum absolute atomic E-state index is 0.0675. The fourth-order valence-corrected chi connectivity index (χ4v) is 4.51. The zero-order chi connectivity index (χ0) is 25.0. The molecular weight excluding hydrogens is 488 g/mol. The zero-order valence-corrected chi connectivity index (χ0v) is 17.6. The molecule has 0 amide bonds. The lowest BCUT2D eigenvalue weighted by molar-refractivity contribution is -0.289. The first kappa shape index (κ1) is 24.8. The fraction of sp³-hybridized carbons (Fsp3) is 0.389. The van der Waals surface area contributed by atoms with Crippen LogP contribution in [0, 0.1) is 0 Å². The van der Waals surface area contributed by atoms with E-state index in [0.29, 0.717) is 18.3 Å². The first-order valence-electron chi connectivity index (χ1n) is 9.08. The van der Waals surface area contributed by atoms with Gasteiger partial charge in [0.05, 0.1) is 21.8 Å². The maximum absolute atomic E-state index is 13.7. The molecule has 0 N–H and O–H groups in total. The first-order chi connectivity index (χ1) is 15.0. The van der Waals surface area contributed by atoms with Crippen LogP contribution in [0.2, 0.25) is 0 Å². The number of pyridine rings is 2. The van der Waals surface area contributed by atoms with Gasteiger partial charge in [0.15, 0.2) is 21.3 Å². The van der Waals surface area contributed by atoms with Gasteiger partial charge in [-0.25, -0.2) is 18.4 Å². The van der Waals surface area contributed by atoms with Crippen LogP contribution in [0.1, 0.15) is 24.5 Å². The van der Waals surface area contributed by atoms with E-state index in [1.54, 1.807) is 0 Å². The molecule has 3 rings (SSSR count). The summed E-state index contributed by atoms with van der Waals surface area (Å²) in [4.78, 5) is 10.2. The molecule has 15 heteroatoms. The average molecular weight is 502 g/mol. The van der Waals surface area contributed by atoms with E-state index in [2.05, 4.69) is 15.0 Å². The predicted octanol–water partition coefficient (Wildman–Crippen LogP) is 4.89. The van der Waals surface area contributed by atoms with Crippen molar-refractivity contribution in [2.45, 2.75) is 36.5 Å². The highest BCUT2D eigenvalue weighted by molar-refractivity contribution is 7.91. The molecule has 6 nitrogen and oxygen atoms in total. The fourth-order valence-electron chi connectivity index (χ4n) is 3.01. The van der Waals surface area contributed by atoms with Crippen molar-refractivity contribution in [1.82, 2.24) is 19.5 Å². The Kier molecular flexibility index (Phi) is 5.92. The van der Waals surface area contributed by atoms with E-state index in [1.165, 1.54) is 14.0 Å². The Balaban J connectivity index is 2.27. The number of hydrogen-bond donors (Lipinski definition) is 0. The molecular formula is C18H14F8N4O2S. The smallest absolute Gasteiger partial charge is 0.310 e. The summed E-state index contributed by atoms with van der Waals surface area (Å²) >= 11 is 0. The second-order valence-electron chi connectivity index (χ2n) is 7.02. The van der Waals surface area contributed by atoms with E-state index in [4.69, 9.17) is 0 Å². The van der Waals surface area contributed by atoms with Crippen molar-refractivity contribution in [2.24, 2.45) is 7.05 Å². The number of imidazole rings is 1. The number of aromatic nitrogens is 4. The average Bonchev–Trinajstić information content (AvgIpc) is 3.02. The number of hydrogen-bond acceptors (Lipinski definition) is 5. The summed E-state index contributed by atoms with van der Waals surface area (Å²) in [5.74, 6) is -6.14. The quantitative estimate of drug-likeness (QED) is 0.465. The molecule has 180 valence electrons. The van der Waals surface area contributed by atoms with Gasteiger partial charge in [0.1, 0.15) is 11.2 Å². The number of alkyl halides is 8. The van der Waals surface area contributed by atoms with Crippen LogP contribution < -0.4 is 0 Å². The van der Waals surface area contributed by atoms with Crippen LogP contribution in [-0.4, -0.2) is 39.9 Å². The minimum Gasteiger partial charge on any atom is -0.310 e. The molecule has 3 aromatic heterocycles. The number of sulfone groups is 1. The van der Waals surface area contributed by atoms with Crippen molar-refractivity contribution >= 4 is 21.0 Å². The standard InChI is InChI=1S/C18H14F8N4O2S/c1-3-4-33(31,32)12-6-10(17(21,22)23)8-27-13(12)15-29-11-5-9(7-28-14(11)30(15)2)16(19,20)18(24,25)26/h5-8H,3-4H2,1-2H3. The lowest BCUT2D eigenvalue weighted by Gasteiger charge is -2.19. The summed E-state index contributed by atoms with van der Waals surface area (Å²) in [6.45, 7) is 1.49. The number of halogens is 8. The Bertz CT molecular complexity index is 1310. The van der Waals surface area contributed by atoms with E-state index < -0.39 is 61.1 Å². The Morgan fingerprint density at radius 1 is 0.939 bits per heavy atom. The van der Waals surface area contributed by atoms with Gasteiger partial charge in [0.25, 0.3) is 0 Å². The third-order valence-corrected chi connectivity index (χ3v) is 6.55. The van der Waals surface area contributed by atoms with Gasteiger partial charge in [-0.15, -0.1) is 0 Å². The lowest BCUT2D eigenvalue weighted by Crippen LogP contribution is -2.33. The summed E-state index contributed by atoms with van der Waals surface area (Å²) < 4.78 is 131. The van der Waals surface area contributed by atoms with Crippen molar-refractivity contribution in [3.63, 3.8) is 0 Å². The van der Waals surface area contributed by atoms with Crippen LogP contribution in [0.5, 0.6) is 0 Å². The molecule has 3 aromatic rings. The van der Waals surface area contributed by atoms with Crippen LogP contribution in [0.4, 0.5) is 35.1 Å². The highest BCUT2D eigenvalue weighted by Crippen LogP contribution is 2.44. The van der Waals surface area contributed by atoms with Gasteiger partial charge in [-0.2, -0.15) is 35.1 Å². The number of nitrogens with zero attached hydrogens (tertiary/aromatic N) is 4. The van der Waals surface area contributed by atoms with E-state index in [0.717, 1.165) is 4.57 Å². The molecule has 0 aromatic carbocycles. The molecule has 3 heterocycles. The Morgan fingerprint density at radius 3 is 2.09 bits per heavy atom. The highest BCUT2D eigenvalue weighted by Gasteiger charge is 2.59. The minimum atomic E-state index is -5.91. The predicted molar refractivity (Wildman–Crippen MR) is 99.0 cm³/mol. The molecule has 0 aliphatic rings. The van der Waals surface area contributed by atoms with E-state index in [1.807, 2.05) is 0 Å².